The quantitative estimate of drug-likeness (QED) is 0.633. The van der Waals surface area contributed by atoms with Crippen LogP contribution in [0.3, 0.4) is 0 Å². The Labute approximate surface area is 95.7 Å². The summed E-state index contributed by atoms with van der Waals surface area (Å²) in [6.45, 7) is 0. The van der Waals surface area contributed by atoms with E-state index in [-0.39, 0.29) is 40.7 Å². The van der Waals surface area contributed by atoms with Gasteiger partial charge in [0.2, 0.25) is 0 Å². The van der Waals surface area contributed by atoms with Gasteiger partial charge >= 0.3 is 41.5 Å². The molecule has 0 spiro atoms. The number of carboxylic acids is 2. The molecule has 1 rings (SSSR count). The van der Waals surface area contributed by atoms with E-state index in [1.54, 1.807) is 0 Å². The second kappa shape index (κ2) is 4.96. The molecule has 6 heteroatoms. The van der Waals surface area contributed by atoms with E-state index in [1.165, 1.54) is 6.20 Å². The van der Waals surface area contributed by atoms with Crippen LogP contribution in [0.15, 0.2) is 18.5 Å². The Morgan fingerprint density at radius 3 is 2.08 bits per heavy atom. The summed E-state index contributed by atoms with van der Waals surface area (Å²) in [5.74, 6) is -2.56. The summed E-state index contributed by atoms with van der Waals surface area (Å²) in [5.41, 5.74) is -0.553. The van der Waals surface area contributed by atoms with Crippen LogP contribution < -0.4 is 0 Å². The monoisotopic (exact) mass is 191 g/mol. The number of aromatic carboxylic acids is 2. The van der Waals surface area contributed by atoms with Gasteiger partial charge in [-0.1, -0.05) is 0 Å². The van der Waals surface area contributed by atoms with Crippen molar-refractivity contribution in [2.45, 2.75) is 0 Å². The van der Waals surface area contributed by atoms with Crippen molar-refractivity contribution in [2.24, 2.45) is 0 Å². The van der Waals surface area contributed by atoms with Crippen LogP contribution in [0.5, 0.6) is 0 Å². The van der Waals surface area contributed by atoms with Crippen molar-refractivity contribution >= 4 is 41.5 Å². The van der Waals surface area contributed by atoms with Gasteiger partial charge in [-0.2, -0.15) is 0 Å². The number of carboxylic acid groups (broad SMARTS) is 2. The minimum atomic E-state index is -1.29. The van der Waals surface area contributed by atoms with Crippen LogP contribution in [-0.2, 0) is 0 Å². The number of aromatic nitrogens is 1. The molecular formula is C7H6NNaO4. The Hall–Kier alpha value is -0.910. The molecule has 1 aromatic rings. The first-order valence-electron chi connectivity index (χ1n) is 3.03. The van der Waals surface area contributed by atoms with E-state index in [2.05, 4.69) is 4.98 Å². The molecule has 0 fully saturated rings. The van der Waals surface area contributed by atoms with E-state index in [9.17, 15) is 9.59 Å². The number of rotatable bonds is 2. The van der Waals surface area contributed by atoms with Gasteiger partial charge in [-0.15, -0.1) is 0 Å². The van der Waals surface area contributed by atoms with Gasteiger partial charge in [-0.05, 0) is 6.07 Å². The SMILES string of the molecule is O=C(O)c1ccncc1C(=O)O.[NaH]. The molecule has 5 nitrogen and oxygen atoms in total. The van der Waals surface area contributed by atoms with Crippen LogP contribution in [0, 0.1) is 0 Å². The first kappa shape index (κ1) is 12.1. The third-order valence-corrected chi connectivity index (χ3v) is 1.28. The van der Waals surface area contributed by atoms with Gasteiger partial charge in [0.15, 0.2) is 0 Å². The van der Waals surface area contributed by atoms with E-state index in [4.69, 9.17) is 10.2 Å². The predicted octanol–water partition coefficient (Wildman–Crippen LogP) is -0.171. The van der Waals surface area contributed by atoms with Crippen molar-refractivity contribution in [3.05, 3.63) is 29.6 Å². The summed E-state index contributed by atoms with van der Waals surface area (Å²) in [5, 5.41) is 17.0. The van der Waals surface area contributed by atoms with Crippen molar-refractivity contribution < 1.29 is 19.8 Å². The first-order valence-corrected chi connectivity index (χ1v) is 3.03. The van der Waals surface area contributed by atoms with Crippen molar-refractivity contribution in [2.75, 3.05) is 0 Å². The van der Waals surface area contributed by atoms with E-state index in [0.29, 0.717) is 0 Å². The number of carbonyl (C=O) groups is 2. The fourth-order valence-corrected chi connectivity index (χ4v) is 0.751. The summed E-state index contributed by atoms with van der Waals surface area (Å²) in [7, 11) is 0. The Morgan fingerprint density at radius 2 is 1.69 bits per heavy atom. The number of nitrogens with zero attached hydrogens (tertiary/aromatic N) is 1. The molecular weight excluding hydrogens is 185 g/mol. The molecule has 0 radical (unpaired) electrons. The van der Waals surface area contributed by atoms with Crippen LogP contribution in [0.4, 0.5) is 0 Å². The fourth-order valence-electron chi connectivity index (χ4n) is 0.751. The van der Waals surface area contributed by atoms with Gasteiger partial charge in [0.1, 0.15) is 0 Å². The van der Waals surface area contributed by atoms with Crippen LogP contribution in [0.2, 0.25) is 0 Å². The van der Waals surface area contributed by atoms with E-state index in [1.807, 2.05) is 0 Å². The molecule has 1 aromatic heterocycles. The molecule has 0 amide bonds. The molecule has 0 atom stereocenters. The van der Waals surface area contributed by atoms with Gasteiger partial charge in [-0.3, -0.25) is 4.98 Å². The van der Waals surface area contributed by atoms with Gasteiger partial charge in [0.05, 0.1) is 11.1 Å². The summed E-state index contributed by atoms with van der Waals surface area (Å²) in [6, 6.07) is 1.14. The zero-order valence-corrected chi connectivity index (χ0v) is 5.89. The Kier molecular flexibility index (Phi) is 4.61. The molecule has 0 aliphatic heterocycles. The number of hydrogen-bond donors (Lipinski definition) is 2. The van der Waals surface area contributed by atoms with Gasteiger partial charge in [-0.25, -0.2) is 9.59 Å². The first-order chi connectivity index (χ1) is 5.63. The minimum absolute atomic E-state index is 0. The summed E-state index contributed by atoms with van der Waals surface area (Å²) >= 11 is 0. The average Bonchev–Trinajstić information content (AvgIpc) is 2.04. The number of hydrogen-bond acceptors (Lipinski definition) is 3. The van der Waals surface area contributed by atoms with Crippen LogP contribution in [0.25, 0.3) is 0 Å². The fraction of sp³-hybridized carbons (Fsp3) is 0. The molecule has 0 saturated heterocycles. The van der Waals surface area contributed by atoms with Crippen molar-refractivity contribution in [1.29, 1.82) is 0 Å². The Morgan fingerprint density at radius 1 is 1.15 bits per heavy atom. The van der Waals surface area contributed by atoms with Crippen LogP contribution >= 0.6 is 0 Å². The van der Waals surface area contributed by atoms with Crippen molar-refractivity contribution in [3.63, 3.8) is 0 Å². The third-order valence-electron chi connectivity index (χ3n) is 1.28. The molecule has 64 valence electrons. The van der Waals surface area contributed by atoms with Crippen molar-refractivity contribution in [3.8, 4) is 0 Å². The summed E-state index contributed by atoms with van der Waals surface area (Å²) in [6.07, 6.45) is 2.24. The normalized spacial score (nSPS) is 8.62. The van der Waals surface area contributed by atoms with Crippen LogP contribution in [0.1, 0.15) is 20.7 Å². The zero-order chi connectivity index (χ0) is 9.14. The maximum atomic E-state index is 10.4. The third kappa shape index (κ3) is 2.80. The van der Waals surface area contributed by atoms with E-state index < -0.39 is 11.9 Å². The second-order valence-electron chi connectivity index (χ2n) is 2.03. The summed E-state index contributed by atoms with van der Waals surface area (Å²) in [4.78, 5) is 24.4. The number of pyridine rings is 1. The molecule has 0 aliphatic rings. The topological polar surface area (TPSA) is 87.5 Å². The standard InChI is InChI=1S/C7H5NO4.Na.H/c9-6(10)4-1-2-8-3-5(4)7(11)12;;/h1-3H,(H,9,10)(H,11,12);;. The molecule has 0 unspecified atom stereocenters. The van der Waals surface area contributed by atoms with Gasteiger partial charge in [0, 0.05) is 12.4 Å². The molecule has 0 aromatic carbocycles. The molecule has 1 heterocycles. The summed E-state index contributed by atoms with van der Waals surface area (Å²) < 4.78 is 0. The zero-order valence-electron chi connectivity index (χ0n) is 5.89. The van der Waals surface area contributed by atoms with E-state index >= 15 is 0 Å². The Bertz CT molecular complexity index is 306. The average molecular weight is 191 g/mol. The molecule has 0 saturated carbocycles. The molecule has 13 heavy (non-hydrogen) atoms. The maximum absolute atomic E-state index is 10.4. The van der Waals surface area contributed by atoms with E-state index in [0.717, 1.165) is 12.3 Å². The van der Waals surface area contributed by atoms with Crippen LogP contribution in [-0.4, -0.2) is 56.7 Å². The molecule has 0 bridgehead atoms. The second-order valence-corrected chi connectivity index (χ2v) is 2.03. The van der Waals surface area contributed by atoms with Crippen molar-refractivity contribution in [1.82, 2.24) is 4.98 Å². The van der Waals surface area contributed by atoms with Gasteiger partial charge in [0.25, 0.3) is 0 Å². The molecule has 0 aliphatic carbocycles. The Balaban J connectivity index is 0.00000144. The predicted molar refractivity (Wildman–Crippen MR) is 45.3 cm³/mol. The molecule has 2 N–H and O–H groups in total. The van der Waals surface area contributed by atoms with Gasteiger partial charge < -0.3 is 10.2 Å².